The smallest absolute Gasteiger partial charge is 0.244 e. The second kappa shape index (κ2) is 9.47. The maximum absolute atomic E-state index is 13.1. The molecule has 1 fully saturated rings. The Morgan fingerprint density at radius 2 is 1.87 bits per heavy atom. The molecule has 1 aliphatic heterocycles. The Kier molecular flexibility index (Phi) is 6.71. The number of hydrogen-bond acceptors (Lipinski definition) is 7. The number of pyridine rings is 1. The first-order chi connectivity index (χ1) is 15.0. The van der Waals surface area contributed by atoms with Gasteiger partial charge in [0.15, 0.2) is 5.13 Å². The minimum absolute atomic E-state index is 0.122. The number of carbonyl (C=O) groups excluding carboxylic acids is 1. The van der Waals surface area contributed by atoms with E-state index in [4.69, 9.17) is 0 Å². The van der Waals surface area contributed by atoms with Gasteiger partial charge in [0.05, 0.1) is 10.6 Å². The number of nitrogens with zero attached hydrogens (tertiary/aromatic N) is 3. The summed E-state index contributed by atoms with van der Waals surface area (Å²) in [7, 11) is -3.58. The fraction of sp³-hybridized carbons (Fsp3) is 0.286. The lowest BCUT2D eigenvalue weighted by Gasteiger charge is -2.30. The molecule has 4 rings (SSSR count). The number of amides is 1. The van der Waals surface area contributed by atoms with Crippen LogP contribution in [0.2, 0.25) is 0 Å². The first kappa shape index (κ1) is 21.9. The molecule has 0 bridgehead atoms. The lowest BCUT2D eigenvalue weighted by atomic mass is 9.97. The van der Waals surface area contributed by atoms with E-state index >= 15 is 0 Å². The van der Waals surface area contributed by atoms with Crippen LogP contribution in [0.1, 0.15) is 12.8 Å². The van der Waals surface area contributed by atoms with E-state index in [0.29, 0.717) is 41.7 Å². The van der Waals surface area contributed by atoms with Crippen molar-refractivity contribution in [1.29, 1.82) is 0 Å². The molecule has 1 amide bonds. The van der Waals surface area contributed by atoms with E-state index in [-0.39, 0.29) is 11.8 Å². The van der Waals surface area contributed by atoms with Crippen molar-refractivity contribution >= 4 is 44.2 Å². The molecule has 7 nitrogen and oxygen atoms in total. The Labute approximate surface area is 190 Å². The lowest BCUT2D eigenvalue weighted by Crippen LogP contribution is -2.41. The quantitative estimate of drug-likeness (QED) is 0.544. The average molecular weight is 475 g/mol. The SMILES string of the molecule is CSc1ccccc1S(=O)(=O)N1CCC(C(=O)Nc2nc(-c3ccccn3)cs2)CC1. The first-order valence-electron chi connectivity index (χ1n) is 9.80. The van der Waals surface area contributed by atoms with Crippen molar-refractivity contribution in [3.8, 4) is 11.4 Å². The number of anilines is 1. The second-order valence-electron chi connectivity index (χ2n) is 7.07. The highest BCUT2D eigenvalue weighted by atomic mass is 32.2. The molecule has 3 aromatic rings. The minimum atomic E-state index is -3.58. The van der Waals surface area contributed by atoms with Gasteiger partial charge in [-0.2, -0.15) is 4.31 Å². The van der Waals surface area contributed by atoms with Crippen molar-refractivity contribution in [2.75, 3.05) is 24.7 Å². The number of rotatable bonds is 6. The molecule has 0 unspecified atom stereocenters. The molecule has 0 atom stereocenters. The normalized spacial score (nSPS) is 15.6. The number of thioether (sulfide) groups is 1. The van der Waals surface area contributed by atoms with Crippen molar-refractivity contribution in [2.24, 2.45) is 5.92 Å². The van der Waals surface area contributed by atoms with Gasteiger partial charge in [0.2, 0.25) is 15.9 Å². The second-order valence-corrected chi connectivity index (χ2v) is 10.7. The number of nitrogens with one attached hydrogen (secondary N) is 1. The fourth-order valence-corrected chi connectivity index (χ4v) is 6.80. The predicted octanol–water partition coefficient (Wildman–Crippen LogP) is 3.97. The van der Waals surface area contributed by atoms with Gasteiger partial charge >= 0.3 is 0 Å². The van der Waals surface area contributed by atoms with Crippen LogP contribution in [-0.2, 0) is 14.8 Å². The summed E-state index contributed by atoms with van der Waals surface area (Å²) in [6.07, 6.45) is 4.52. The minimum Gasteiger partial charge on any atom is -0.302 e. The number of sulfonamides is 1. The van der Waals surface area contributed by atoms with Crippen LogP contribution in [-0.4, -0.2) is 47.9 Å². The summed E-state index contributed by atoms with van der Waals surface area (Å²) < 4.78 is 27.6. The van der Waals surface area contributed by atoms with Gasteiger partial charge in [-0.25, -0.2) is 13.4 Å². The zero-order chi connectivity index (χ0) is 21.8. The maximum Gasteiger partial charge on any atom is 0.244 e. The van der Waals surface area contributed by atoms with Crippen molar-refractivity contribution in [3.05, 3.63) is 54.0 Å². The summed E-state index contributed by atoms with van der Waals surface area (Å²) in [6, 6.07) is 12.6. The fourth-order valence-electron chi connectivity index (χ4n) is 3.50. The number of aromatic nitrogens is 2. The average Bonchev–Trinajstić information content (AvgIpc) is 3.28. The van der Waals surface area contributed by atoms with Crippen LogP contribution >= 0.6 is 23.1 Å². The first-order valence-corrected chi connectivity index (χ1v) is 13.3. The van der Waals surface area contributed by atoms with E-state index in [1.807, 2.05) is 42.0 Å². The summed E-state index contributed by atoms with van der Waals surface area (Å²) in [4.78, 5) is 22.5. The highest BCUT2D eigenvalue weighted by Crippen LogP contribution is 2.30. The van der Waals surface area contributed by atoms with Gasteiger partial charge < -0.3 is 5.32 Å². The molecule has 0 saturated carbocycles. The summed E-state index contributed by atoms with van der Waals surface area (Å²) in [5, 5.41) is 5.25. The molecule has 1 N–H and O–H groups in total. The number of hydrogen-bond donors (Lipinski definition) is 1. The van der Waals surface area contributed by atoms with Crippen molar-refractivity contribution in [2.45, 2.75) is 22.6 Å². The molecule has 0 aliphatic carbocycles. The molecule has 3 heterocycles. The molecule has 0 spiro atoms. The van der Waals surface area contributed by atoms with Gasteiger partial charge in [0.1, 0.15) is 5.69 Å². The monoisotopic (exact) mass is 474 g/mol. The predicted molar refractivity (Wildman–Crippen MR) is 124 cm³/mol. The van der Waals surface area contributed by atoms with Crippen LogP contribution in [0.25, 0.3) is 11.4 Å². The van der Waals surface area contributed by atoms with Crippen LogP contribution in [0.4, 0.5) is 5.13 Å². The van der Waals surface area contributed by atoms with Gasteiger partial charge in [0, 0.05) is 35.5 Å². The standard InChI is InChI=1S/C21H22N4O3S3/c1-29-18-7-2-3-8-19(18)31(27,28)25-12-9-15(10-13-25)20(26)24-21-23-17(14-30-21)16-6-4-5-11-22-16/h2-8,11,14-15H,9-10,12-13H2,1H3,(H,23,24,26). The van der Waals surface area contributed by atoms with Crippen LogP contribution in [0.15, 0.2) is 63.8 Å². The summed E-state index contributed by atoms with van der Waals surface area (Å²) in [6.45, 7) is 0.639. The van der Waals surface area contributed by atoms with E-state index in [1.165, 1.54) is 27.4 Å². The van der Waals surface area contributed by atoms with Crippen molar-refractivity contribution in [1.82, 2.24) is 14.3 Å². The van der Waals surface area contributed by atoms with Gasteiger partial charge in [0.25, 0.3) is 0 Å². The number of benzene rings is 1. The van der Waals surface area contributed by atoms with E-state index in [1.54, 1.807) is 18.3 Å². The largest absolute Gasteiger partial charge is 0.302 e. The summed E-state index contributed by atoms with van der Waals surface area (Å²) >= 11 is 2.76. The summed E-state index contributed by atoms with van der Waals surface area (Å²) in [5.74, 6) is -0.368. The highest BCUT2D eigenvalue weighted by Gasteiger charge is 2.33. The van der Waals surface area contributed by atoms with E-state index < -0.39 is 10.0 Å². The van der Waals surface area contributed by atoms with Crippen LogP contribution in [0, 0.1) is 5.92 Å². The van der Waals surface area contributed by atoms with E-state index in [0.717, 1.165) is 10.6 Å². The third-order valence-electron chi connectivity index (χ3n) is 5.17. The van der Waals surface area contributed by atoms with E-state index in [9.17, 15) is 13.2 Å². The summed E-state index contributed by atoms with van der Waals surface area (Å²) in [5.41, 5.74) is 1.47. The number of carbonyl (C=O) groups is 1. The zero-order valence-corrected chi connectivity index (χ0v) is 19.3. The van der Waals surface area contributed by atoms with Crippen LogP contribution < -0.4 is 5.32 Å². The number of thiazole rings is 1. The van der Waals surface area contributed by atoms with E-state index in [2.05, 4.69) is 15.3 Å². The lowest BCUT2D eigenvalue weighted by molar-refractivity contribution is -0.120. The Balaban J connectivity index is 1.38. The molecule has 1 aliphatic rings. The van der Waals surface area contributed by atoms with Crippen molar-refractivity contribution < 1.29 is 13.2 Å². The molecule has 162 valence electrons. The molecule has 1 aromatic carbocycles. The Morgan fingerprint density at radius 3 is 2.58 bits per heavy atom. The third kappa shape index (κ3) is 4.82. The molecular weight excluding hydrogens is 452 g/mol. The molecule has 1 saturated heterocycles. The molecule has 0 radical (unpaired) electrons. The molecule has 31 heavy (non-hydrogen) atoms. The molecule has 2 aromatic heterocycles. The van der Waals surface area contributed by atoms with Gasteiger partial charge in [-0.3, -0.25) is 9.78 Å². The third-order valence-corrected chi connectivity index (χ3v) is 8.81. The molecular formula is C21H22N4O3S3. The Bertz CT molecular complexity index is 1160. The van der Waals surface area contributed by atoms with Crippen molar-refractivity contribution in [3.63, 3.8) is 0 Å². The van der Waals surface area contributed by atoms with Crippen LogP contribution in [0.5, 0.6) is 0 Å². The number of piperidine rings is 1. The van der Waals surface area contributed by atoms with Crippen LogP contribution in [0.3, 0.4) is 0 Å². The molecule has 10 heteroatoms. The van der Waals surface area contributed by atoms with Gasteiger partial charge in [-0.1, -0.05) is 18.2 Å². The van der Waals surface area contributed by atoms with Gasteiger partial charge in [-0.05, 0) is 43.4 Å². The van der Waals surface area contributed by atoms with Gasteiger partial charge in [-0.15, -0.1) is 23.1 Å². The highest BCUT2D eigenvalue weighted by molar-refractivity contribution is 7.99. The topological polar surface area (TPSA) is 92.3 Å². The Morgan fingerprint density at radius 1 is 1.13 bits per heavy atom. The Hall–Kier alpha value is -2.27. The maximum atomic E-state index is 13.1. The zero-order valence-electron chi connectivity index (χ0n) is 16.9.